The van der Waals surface area contributed by atoms with E-state index in [1.165, 1.54) is 99.9 Å². The number of allylic oxidation sites excluding steroid dienone is 9. The Morgan fingerprint density at radius 3 is 1.90 bits per heavy atom. The van der Waals surface area contributed by atoms with Crippen molar-refractivity contribution in [2.75, 3.05) is 4.90 Å². The summed E-state index contributed by atoms with van der Waals surface area (Å²) in [5.41, 5.74) is 21.1. The Balaban J connectivity index is 1.00. The van der Waals surface area contributed by atoms with Gasteiger partial charge in [-0.1, -0.05) is 195 Å². The van der Waals surface area contributed by atoms with Crippen LogP contribution in [0.4, 0.5) is 11.4 Å². The molecule has 340 valence electrons. The summed E-state index contributed by atoms with van der Waals surface area (Å²) >= 11 is 0. The van der Waals surface area contributed by atoms with Crippen LogP contribution in [0.15, 0.2) is 253 Å². The standard InChI is InChI=1S/C68H53N3/c1-46-43-54(45-65-66(46)58-31-16-19-35-63(58)70(65)52-39-37-48(38-40-52)47-21-6-2-7-22-47)69(51-27-12-5-13-28-51)53-41-42-57-60(44-53)68(49-23-8-3-9-24-49,50-25-10-4-11-26-50)59-32-20-36-64(67(57)59)71-61-33-17-14-29-55(61)56-30-15-18-34-62(56)71/h2-6,8-21,23-39,41-42,44-46,52H,7,22,40,43H2,1H3. The van der Waals surface area contributed by atoms with Crippen molar-refractivity contribution in [3.8, 4) is 16.8 Å². The van der Waals surface area contributed by atoms with E-state index in [9.17, 15) is 0 Å². The fourth-order valence-electron chi connectivity index (χ4n) is 13.1. The molecular formula is C68H53N3. The molecule has 2 atom stereocenters. The van der Waals surface area contributed by atoms with Crippen LogP contribution in [0.1, 0.15) is 78.1 Å². The number of aromatic nitrogens is 2. The minimum atomic E-state index is -0.613. The first kappa shape index (κ1) is 41.6. The van der Waals surface area contributed by atoms with E-state index >= 15 is 0 Å². The zero-order chi connectivity index (χ0) is 47.0. The molecule has 2 unspecified atom stereocenters. The van der Waals surface area contributed by atoms with Gasteiger partial charge in [-0.2, -0.15) is 0 Å². The zero-order valence-corrected chi connectivity index (χ0v) is 39.9. The van der Waals surface area contributed by atoms with E-state index in [1.54, 1.807) is 0 Å². The highest BCUT2D eigenvalue weighted by Gasteiger charge is 2.48. The Bertz CT molecular complexity index is 3800. The Morgan fingerprint density at radius 2 is 1.24 bits per heavy atom. The minimum absolute atomic E-state index is 0.208. The molecule has 4 aliphatic carbocycles. The van der Waals surface area contributed by atoms with E-state index in [4.69, 9.17) is 0 Å². The first-order valence-corrected chi connectivity index (χ1v) is 25.5. The van der Waals surface area contributed by atoms with Gasteiger partial charge in [-0.25, -0.2) is 0 Å². The second kappa shape index (κ2) is 16.6. The van der Waals surface area contributed by atoms with Crippen LogP contribution in [0.2, 0.25) is 0 Å². The van der Waals surface area contributed by atoms with E-state index in [1.807, 2.05) is 0 Å². The molecule has 0 saturated carbocycles. The van der Waals surface area contributed by atoms with Crippen molar-refractivity contribution in [2.45, 2.75) is 50.0 Å². The Kier molecular flexibility index (Phi) is 9.74. The van der Waals surface area contributed by atoms with Crippen molar-refractivity contribution in [3.63, 3.8) is 0 Å². The topological polar surface area (TPSA) is 13.1 Å². The highest BCUT2D eigenvalue weighted by molar-refractivity contribution is 6.10. The fourth-order valence-corrected chi connectivity index (χ4v) is 13.1. The van der Waals surface area contributed by atoms with Crippen LogP contribution in [0, 0.1) is 0 Å². The lowest BCUT2D eigenvalue weighted by atomic mass is 9.67. The van der Waals surface area contributed by atoms with Crippen LogP contribution in [-0.4, -0.2) is 9.13 Å². The van der Waals surface area contributed by atoms with Crippen molar-refractivity contribution in [1.82, 2.24) is 9.13 Å². The smallest absolute Gasteiger partial charge is 0.0715 e. The average Bonchev–Trinajstić information content (AvgIpc) is 4.07. The quantitative estimate of drug-likeness (QED) is 0.148. The molecule has 2 heterocycles. The van der Waals surface area contributed by atoms with Crippen molar-refractivity contribution in [2.24, 2.45) is 0 Å². The Hall–Kier alpha value is -8.40. The van der Waals surface area contributed by atoms with Crippen LogP contribution in [0.5, 0.6) is 0 Å². The molecule has 0 saturated heterocycles. The maximum absolute atomic E-state index is 2.65. The van der Waals surface area contributed by atoms with Gasteiger partial charge in [0.05, 0.1) is 28.2 Å². The molecule has 0 fully saturated rings. The van der Waals surface area contributed by atoms with Gasteiger partial charge in [0.25, 0.3) is 0 Å². The Labute approximate surface area is 416 Å². The van der Waals surface area contributed by atoms with Crippen LogP contribution in [0.3, 0.4) is 0 Å². The third-order valence-corrected chi connectivity index (χ3v) is 16.0. The van der Waals surface area contributed by atoms with Gasteiger partial charge in [-0.05, 0) is 131 Å². The van der Waals surface area contributed by atoms with E-state index < -0.39 is 5.41 Å². The molecule has 10 aromatic rings. The lowest BCUT2D eigenvalue weighted by molar-refractivity contribution is 0.611. The van der Waals surface area contributed by atoms with Crippen molar-refractivity contribution in [3.05, 3.63) is 287 Å². The van der Waals surface area contributed by atoms with Crippen LogP contribution < -0.4 is 4.90 Å². The lowest BCUT2D eigenvalue weighted by Gasteiger charge is -2.36. The summed E-state index contributed by atoms with van der Waals surface area (Å²) in [6.07, 6.45) is 20.7. The molecular weight excluding hydrogens is 859 g/mol. The van der Waals surface area contributed by atoms with Gasteiger partial charge >= 0.3 is 0 Å². The highest BCUT2D eigenvalue weighted by Crippen LogP contribution is 2.59. The van der Waals surface area contributed by atoms with Gasteiger partial charge in [0.15, 0.2) is 0 Å². The number of anilines is 2. The SMILES string of the molecule is CC1CC(N(c2ccccc2)c2ccc3c(c2)C(c2ccccc2)(c2ccccc2)c2cccc(-n4c5ccccc5c5ccccc54)c2-3)=Cc2c1c1ccccc1n2C1C=CC(C2=CC=CCC2)=CC1. The van der Waals surface area contributed by atoms with Crippen LogP contribution in [-0.2, 0) is 5.41 Å². The number of nitrogens with zero attached hydrogens (tertiary/aromatic N) is 3. The molecule has 8 aromatic carbocycles. The summed E-state index contributed by atoms with van der Waals surface area (Å²) in [5, 5.41) is 3.89. The second-order valence-corrected chi connectivity index (χ2v) is 19.9. The van der Waals surface area contributed by atoms with E-state index in [0.717, 1.165) is 37.1 Å². The van der Waals surface area contributed by atoms with Crippen LogP contribution >= 0.6 is 0 Å². The van der Waals surface area contributed by atoms with Gasteiger partial charge in [0.1, 0.15) is 0 Å². The van der Waals surface area contributed by atoms with E-state index in [0.29, 0.717) is 5.92 Å². The van der Waals surface area contributed by atoms with Gasteiger partial charge in [0, 0.05) is 50.0 Å². The molecule has 3 heteroatoms. The van der Waals surface area contributed by atoms with E-state index in [2.05, 4.69) is 264 Å². The summed E-state index contributed by atoms with van der Waals surface area (Å²) in [6.45, 7) is 2.44. The number of hydrogen-bond donors (Lipinski definition) is 0. The first-order valence-electron chi connectivity index (χ1n) is 25.5. The third kappa shape index (κ3) is 6.35. The van der Waals surface area contributed by atoms with Gasteiger partial charge in [-0.15, -0.1) is 0 Å². The van der Waals surface area contributed by atoms with Crippen molar-refractivity contribution >= 4 is 50.2 Å². The highest BCUT2D eigenvalue weighted by atomic mass is 15.2. The van der Waals surface area contributed by atoms with E-state index in [-0.39, 0.29) is 6.04 Å². The Morgan fingerprint density at radius 1 is 0.592 bits per heavy atom. The number of benzene rings is 8. The maximum Gasteiger partial charge on any atom is 0.0715 e. The molecule has 4 aliphatic rings. The maximum atomic E-state index is 2.65. The number of para-hydroxylation sites is 4. The molecule has 0 N–H and O–H groups in total. The number of rotatable bonds is 8. The predicted octanol–water partition coefficient (Wildman–Crippen LogP) is 17.5. The summed E-state index contributed by atoms with van der Waals surface area (Å²) in [5.74, 6) is 0.292. The molecule has 0 spiro atoms. The summed E-state index contributed by atoms with van der Waals surface area (Å²) in [7, 11) is 0. The molecule has 2 aromatic heterocycles. The molecule has 3 nitrogen and oxygen atoms in total. The van der Waals surface area contributed by atoms with Crippen LogP contribution in [0.25, 0.3) is 55.6 Å². The molecule has 0 radical (unpaired) electrons. The zero-order valence-electron chi connectivity index (χ0n) is 39.9. The summed E-state index contributed by atoms with van der Waals surface area (Å²) < 4.78 is 5.16. The van der Waals surface area contributed by atoms with Gasteiger partial charge in [-0.3, -0.25) is 0 Å². The summed E-state index contributed by atoms with van der Waals surface area (Å²) in [4.78, 5) is 2.57. The number of fused-ring (bicyclic) bond motifs is 9. The summed E-state index contributed by atoms with van der Waals surface area (Å²) in [6, 6.07) is 75.1. The van der Waals surface area contributed by atoms with Gasteiger partial charge < -0.3 is 14.0 Å². The van der Waals surface area contributed by atoms with Crippen molar-refractivity contribution < 1.29 is 0 Å². The normalized spacial score (nSPS) is 17.7. The predicted molar refractivity (Wildman–Crippen MR) is 297 cm³/mol. The molecule has 71 heavy (non-hydrogen) atoms. The largest absolute Gasteiger partial charge is 0.333 e. The third-order valence-electron chi connectivity index (χ3n) is 16.0. The first-order chi connectivity index (χ1) is 35.2. The number of hydrogen-bond acceptors (Lipinski definition) is 1. The second-order valence-electron chi connectivity index (χ2n) is 19.9. The lowest BCUT2D eigenvalue weighted by Crippen LogP contribution is -2.29. The molecule has 14 rings (SSSR count). The molecule has 0 amide bonds. The fraction of sp³-hybridized carbons (Fsp3) is 0.118. The van der Waals surface area contributed by atoms with Crippen molar-refractivity contribution in [1.29, 1.82) is 0 Å². The molecule has 0 bridgehead atoms. The average molecular weight is 912 g/mol. The minimum Gasteiger partial charge on any atom is -0.333 e. The monoisotopic (exact) mass is 911 g/mol. The molecule has 0 aliphatic heterocycles. The van der Waals surface area contributed by atoms with Gasteiger partial charge in [0.2, 0.25) is 0 Å².